The molecule has 126 valence electrons. The monoisotopic (exact) mass is 360 g/mol. The predicted molar refractivity (Wildman–Crippen MR) is 102 cm³/mol. The minimum Gasteiger partial charge on any atom is -0.319 e. The van der Waals surface area contributed by atoms with Crippen LogP contribution in [0, 0.1) is 0 Å². The van der Waals surface area contributed by atoms with E-state index in [4.69, 9.17) is 11.6 Å². The van der Waals surface area contributed by atoms with E-state index in [2.05, 4.69) is 20.3 Å². The molecule has 4 aromatic rings. The second-order valence-corrected chi connectivity index (χ2v) is 6.09. The molecule has 0 spiro atoms. The average molecular weight is 361 g/mol. The summed E-state index contributed by atoms with van der Waals surface area (Å²) in [5.74, 6) is -0.293. The normalized spacial score (nSPS) is 10.7. The number of anilines is 1. The number of carbonyl (C=O) groups excluding carboxylic acids is 1. The molecule has 26 heavy (non-hydrogen) atoms. The van der Waals surface area contributed by atoms with E-state index in [0.29, 0.717) is 21.9 Å². The maximum Gasteiger partial charge on any atom is 0.274 e. The molecule has 1 amide bonds. The van der Waals surface area contributed by atoms with Crippen LogP contribution in [0.4, 0.5) is 5.69 Å². The summed E-state index contributed by atoms with van der Waals surface area (Å²) in [6, 6.07) is 14.5. The number of rotatable bonds is 3. The van der Waals surface area contributed by atoms with Crippen LogP contribution in [0.5, 0.6) is 0 Å². The van der Waals surface area contributed by atoms with Crippen LogP contribution in [0.1, 0.15) is 10.5 Å². The van der Waals surface area contributed by atoms with Gasteiger partial charge in [-0.3, -0.25) is 14.8 Å². The summed E-state index contributed by atoms with van der Waals surface area (Å²) >= 11 is 5.97. The van der Waals surface area contributed by atoms with E-state index in [-0.39, 0.29) is 5.91 Å². The third-order valence-electron chi connectivity index (χ3n) is 3.91. The molecule has 1 aromatic carbocycles. The van der Waals surface area contributed by atoms with Gasteiger partial charge in [0.2, 0.25) is 0 Å². The molecule has 0 atom stereocenters. The Hall–Kier alpha value is -3.31. The molecule has 0 aliphatic heterocycles. The van der Waals surface area contributed by atoms with Crippen LogP contribution in [0.15, 0.2) is 73.3 Å². The zero-order valence-electron chi connectivity index (χ0n) is 13.6. The van der Waals surface area contributed by atoms with Crippen molar-refractivity contribution in [2.45, 2.75) is 0 Å². The first-order valence-electron chi connectivity index (χ1n) is 7.93. The van der Waals surface area contributed by atoms with Gasteiger partial charge in [0.25, 0.3) is 5.91 Å². The number of hydrogen-bond acceptors (Lipinski definition) is 4. The highest BCUT2D eigenvalue weighted by atomic mass is 35.5. The minimum atomic E-state index is -0.293. The quantitative estimate of drug-likeness (QED) is 0.580. The zero-order valence-corrected chi connectivity index (χ0v) is 14.3. The Morgan fingerprint density at radius 1 is 0.923 bits per heavy atom. The lowest BCUT2D eigenvalue weighted by atomic mass is 10.0. The number of halogens is 1. The van der Waals surface area contributed by atoms with Crippen LogP contribution in [-0.2, 0) is 0 Å². The van der Waals surface area contributed by atoms with E-state index in [1.165, 1.54) is 0 Å². The summed E-state index contributed by atoms with van der Waals surface area (Å²) in [6.07, 6.45) is 6.70. The summed E-state index contributed by atoms with van der Waals surface area (Å²) in [5.41, 5.74) is 3.43. The van der Waals surface area contributed by atoms with Crippen LogP contribution in [-0.4, -0.2) is 20.9 Å². The second kappa shape index (κ2) is 6.90. The van der Waals surface area contributed by atoms with Gasteiger partial charge in [0, 0.05) is 34.6 Å². The van der Waals surface area contributed by atoms with Crippen molar-refractivity contribution in [3.05, 3.63) is 84.0 Å². The zero-order chi connectivity index (χ0) is 17.9. The number of nitrogens with one attached hydrogen (secondary N) is 1. The third-order valence-corrected chi connectivity index (χ3v) is 4.16. The predicted octanol–water partition coefficient (Wildman–Crippen LogP) is 4.60. The number of fused-ring (bicyclic) bond motifs is 1. The number of benzene rings is 1. The number of carbonyl (C=O) groups is 1. The molecule has 1 N–H and O–H groups in total. The Morgan fingerprint density at radius 2 is 1.77 bits per heavy atom. The molecular weight excluding hydrogens is 348 g/mol. The van der Waals surface area contributed by atoms with Gasteiger partial charge in [0.05, 0.1) is 17.4 Å². The smallest absolute Gasteiger partial charge is 0.274 e. The van der Waals surface area contributed by atoms with Gasteiger partial charge in [-0.1, -0.05) is 23.7 Å². The molecule has 0 radical (unpaired) electrons. The van der Waals surface area contributed by atoms with Gasteiger partial charge >= 0.3 is 0 Å². The number of nitrogens with zero attached hydrogens (tertiary/aromatic N) is 3. The van der Waals surface area contributed by atoms with Crippen LogP contribution in [0.3, 0.4) is 0 Å². The molecule has 0 saturated heterocycles. The highest BCUT2D eigenvalue weighted by molar-refractivity contribution is 6.30. The Balaban J connectivity index is 1.75. The molecule has 0 saturated carbocycles. The van der Waals surface area contributed by atoms with Crippen molar-refractivity contribution < 1.29 is 4.79 Å². The standard InChI is InChI=1S/C20H13ClN4O/c21-15-6-3-13(4-7-15)17-12-23-10-14-5-8-18(25-19(14)17)20(26)24-16-2-1-9-22-11-16/h1-12H,(H,24,26). The Labute approximate surface area is 154 Å². The average Bonchev–Trinajstić information content (AvgIpc) is 2.68. The first kappa shape index (κ1) is 16.2. The lowest BCUT2D eigenvalue weighted by molar-refractivity contribution is 0.102. The Bertz CT molecular complexity index is 1080. The van der Waals surface area contributed by atoms with E-state index in [1.54, 1.807) is 43.0 Å². The number of amides is 1. The van der Waals surface area contributed by atoms with E-state index >= 15 is 0 Å². The van der Waals surface area contributed by atoms with Gasteiger partial charge in [0.15, 0.2) is 0 Å². The molecule has 0 bridgehead atoms. The first-order valence-corrected chi connectivity index (χ1v) is 8.30. The highest BCUT2D eigenvalue weighted by Crippen LogP contribution is 2.27. The fraction of sp³-hybridized carbons (Fsp3) is 0. The molecule has 0 aliphatic rings. The molecular formula is C20H13ClN4O. The molecule has 0 fully saturated rings. The lowest BCUT2D eigenvalue weighted by Crippen LogP contribution is -2.13. The van der Waals surface area contributed by atoms with E-state index in [1.807, 2.05) is 30.3 Å². The van der Waals surface area contributed by atoms with Crippen LogP contribution < -0.4 is 5.32 Å². The van der Waals surface area contributed by atoms with Crippen molar-refractivity contribution in [2.75, 3.05) is 5.32 Å². The van der Waals surface area contributed by atoms with Gasteiger partial charge in [-0.2, -0.15) is 0 Å². The summed E-state index contributed by atoms with van der Waals surface area (Å²) < 4.78 is 0. The third kappa shape index (κ3) is 3.25. The molecule has 3 heterocycles. The van der Waals surface area contributed by atoms with Crippen molar-refractivity contribution in [3.8, 4) is 11.1 Å². The van der Waals surface area contributed by atoms with E-state index in [9.17, 15) is 4.79 Å². The lowest BCUT2D eigenvalue weighted by Gasteiger charge is -2.08. The molecule has 3 aromatic heterocycles. The maximum absolute atomic E-state index is 12.5. The summed E-state index contributed by atoms with van der Waals surface area (Å²) in [4.78, 5) is 25.3. The van der Waals surface area contributed by atoms with Gasteiger partial charge in [0.1, 0.15) is 5.69 Å². The summed E-state index contributed by atoms with van der Waals surface area (Å²) in [5, 5.41) is 4.31. The molecule has 0 unspecified atom stereocenters. The highest BCUT2D eigenvalue weighted by Gasteiger charge is 2.12. The molecule has 5 nitrogen and oxygen atoms in total. The first-order chi connectivity index (χ1) is 12.7. The van der Waals surface area contributed by atoms with Gasteiger partial charge in [-0.05, 0) is 42.0 Å². The number of pyridine rings is 3. The SMILES string of the molecule is O=C(Nc1cccnc1)c1ccc2cncc(-c3ccc(Cl)cc3)c2n1. The summed E-state index contributed by atoms with van der Waals surface area (Å²) in [6.45, 7) is 0. The van der Waals surface area contributed by atoms with E-state index in [0.717, 1.165) is 16.5 Å². The Morgan fingerprint density at radius 3 is 2.54 bits per heavy atom. The summed E-state index contributed by atoms with van der Waals surface area (Å²) in [7, 11) is 0. The van der Waals surface area contributed by atoms with Crippen LogP contribution in [0.2, 0.25) is 5.02 Å². The second-order valence-electron chi connectivity index (χ2n) is 5.66. The van der Waals surface area contributed by atoms with Crippen LogP contribution in [0.25, 0.3) is 22.0 Å². The van der Waals surface area contributed by atoms with Gasteiger partial charge in [-0.15, -0.1) is 0 Å². The van der Waals surface area contributed by atoms with Crippen molar-refractivity contribution in [3.63, 3.8) is 0 Å². The van der Waals surface area contributed by atoms with Gasteiger partial charge < -0.3 is 5.32 Å². The molecule has 6 heteroatoms. The van der Waals surface area contributed by atoms with Crippen molar-refractivity contribution in [2.24, 2.45) is 0 Å². The molecule has 4 rings (SSSR count). The van der Waals surface area contributed by atoms with Crippen molar-refractivity contribution >= 4 is 34.1 Å². The number of hydrogen-bond donors (Lipinski definition) is 1. The largest absolute Gasteiger partial charge is 0.319 e. The van der Waals surface area contributed by atoms with Crippen molar-refractivity contribution in [1.29, 1.82) is 0 Å². The topological polar surface area (TPSA) is 67.8 Å². The van der Waals surface area contributed by atoms with Crippen molar-refractivity contribution in [1.82, 2.24) is 15.0 Å². The fourth-order valence-corrected chi connectivity index (χ4v) is 2.77. The van der Waals surface area contributed by atoms with E-state index < -0.39 is 0 Å². The number of aromatic nitrogens is 3. The maximum atomic E-state index is 12.5. The molecule has 0 aliphatic carbocycles. The minimum absolute atomic E-state index is 0.293. The van der Waals surface area contributed by atoms with Gasteiger partial charge in [-0.25, -0.2) is 4.98 Å². The van der Waals surface area contributed by atoms with Crippen LogP contribution >= 0.6 is 11.6 Å². The fourth-order valence-electron chi connectivity index (χ4n) is 2.64. The Kier molecular flexibility index (Phi) is 4.29.